The third-order valence-corrected chi connectivity index (χ3v) is 4.22. The average Bonchev–Trinajstić information content (AvgIpc) is 2.72. The Bertz CT molecular complexity index is 831. The molecule has 2 atom stereocenters. The monoisotopic (exact) mass is 427 g/mol. The third-order valence-electron chi connectivity index (χ3n) is 4.22. The molecule has 1 aromatic carbocycles. The van der Waals surface area contributed by atoms with Gasteiger partial charge in [0.15, 0.2) is 0 Å². The summed E-state index contributed by atoms with van der Waals surface area (Å²) in [4.78, 5) is 39.2. The molecule has 30 heavy (non-hydrogen) atoms. The summed E-state index contributed by atoms with van der Waals surface area (Å²) in [5.41, 5.74) is 1.82. The lowest BCUT2D eigenvalue weighted by Crippen LogP contribution is -2.55. The molecule has 1 fully saturated rings. The summed E-state index contributed by atoms with van der Waals surface area (Å²) in [6, 6.07) is 5.52. The summed E-state index contributed by atoms with van der Waals surface area (Å²) in [5, 5.41) is 5.66. The second kappa shape index (κ2) is 10.5. The van der Waals surface area contributed by atoms with Gasteiger partial charge in [-0.25, -0.2) is 4.79 Å². The van der Waals surface area contributed by atoms with E-state index >= 15 is 0 Å². The van der Waals surface area contributed by atoms with E-state index in [2.05, 4.69) is 27.3 Å². The lowest BCUT2D eigenvalue weighted by Gasteiger charge is -2.31. The number of halogens is 3. The number of carbonyl (C=O) groups is 3. The quantitative estimate of drug-likeness (QED) is 0.477. The number of amides is 2. The maximum Gasteiger partial charge on any atom is 0.493 e. The second-order valence-corrected chi connectivity index (χ2v) is 6.27. The van der Waals surface area contributed by atoms with Crippen molar-refractivity contribution in [2.24, 2.45) is 5.92 Å². The summed E-state index contributed by atoms with van der Waals surface area (Å²) in [5.74, 6) is 1.13. The Morgan fingerprint density at radius 2 is 1.93 bits per heavy atom. The predicted molar refractivity (Wildman–Crippen MR) is 97.9 cm³/mol. The molecule has 1 aliphatic rings. The molecule has 0 aliphatic carbocycles. The third kappa shape index (κ3) is 6.66. The van der Waals surface area contributed by atoms with Gasteiger partial charge in [-0.15, -0.1) is 5.92 Å². The molecule has 0 spiro atoms. The normalized spacial score (nSPS) is 18.4. The maximum atomic E-state index is 12.5. The Hall–Kier alpha value is -3.26. The van der Waals surface area contributed by atoms with Gasteiger partial charge in [-0.1, -0.05) is 5.92 Å². The minimum absolute atomic E-state index is 0.214. The Morgan fingerprint density at radius 3 is 2.57 bits per heavy atom. The molecule has 0 radical (unpaired) electrons. The zero-order valence-corrected chi connectivity index (χ0v) is 16.0. The van der Waals surface area contributed by atoms with E-state index in [9.17, 15) is 27.6 Å². The minimum Gasteiger partial charge on any atom is -0.481 e. The first-order valence-electron chi connectivity index (χ1n) is 8.94. The Morgan fingerprint density at radius 1 is 1.23 bits per heavy atom. The van der Waals surface area contributed by atoms with E-state index in [-0.39, 0.29) is 19.6 Å². The van der Waals surface area contributed by atoms with Gasteiger partial charge >= 0.3 is 12.1 Å². The number of benzene rings is 1. The highest BCUT2D eigenvalue weighted by molar-refractivity contribution is 5.95. The van der Waals surface area contributed by atoms with Crippen LogP contribution in [0.4, 0.5) is 13.2 Å². The summed E-state index contributed by atoms with van der Waals surface area (Å²) in [7, 11) is 0. The smallest absolute Gasteiger partial charge is 0.481 e. The molecule has 2 amide bonds. The van der Waals surface area contributed by atoms with Crippen molar-refractivity contribution in [3.63, 3.8) is 0 Å². The van der Waals surface area contributed by atoms with Crippen molar-refractivity contribution in [1.82, 2.24) is 16.1 Å². The number of ether oxygens (including phenoxy) is 1. The number of piperidine rings is 1. The van der Waals surface area contributed by atoms with Crippen molar-refractivity contribution in [2.75, 3.05) is 19.7 Å². The first-order valence-corrected chi connectivity index (χ1v) is 8.94. The number of alkyl halides is 3. The van der Waals surface area contributed by atoms with Gasteiger partial charge in [-0.05, 0) is 44.2 Å². The summed E-state index contributed by atoms with van der Waals surface area (Å²) >= 11 is 0. The van der Waals surface area contributed by atoms with Crippen LogP contribution >= 0.6 is 0 Å². The fourth-order valence-electron chi connectivity index (χ4n) is 2.70. The highest BCUT2D eigenvalue weighted by atomic mass is 19.4. The highest BCUT2D eigenvalue weighted by Crippen LogP contribution is 2.18. The van der Waals surface area contributed by atoms with Crippen LogP contribution in [0, 0.1) is 17.8 Å². The van der Waals surface area contributed by atoms with E-state index in [1.807, 2.05) is 0 Å². The van der Waals surface area contributed by atoms with Gasteiger partial charge in [0.2, 0.25) is 0 Å². The molecular formula is C19H20F3N3O5. The molecule has 2 rings (SSSR count). The van der Waals surface area contributed by atoms with Gasteiger partial charge in [0.25, 0.3) is 11.8 Å². The zero-order valence-electron chi connectivity index (χ0n) is 16.0. The summed E-state index contributed by atoms with van der Waals surface area (Å²) in [6.45, 7) is 2.52. The van der Waals surface area contributed by atoms with Gasteiger partial charge in [0.1, 0.15) is 12.4 Å². The van der Waals surface area contributed by atoms with Crippen molar-refractivity contribution < 1.29 is 37.1 Å². The van der Waals surface area contributed by atoms with E-state index in [1.54, 1.807) is 19.1 Å². The van der Waals surface area contributed by atoms with Crippen molar-refractivity contribution in [3.8, 4) is 17.6 Å². The molecule has 1 heterocycles. The molecule has 0 unspecified atom stereocenters. The van der Waals surface area contributed by atoms with Gasteiger partial charge < -0.3 is 20.2 Å². The van der Waals surface area contributed by atoms with Gasteiger partial charge in [0.05, 0.1) is 12.0 Å². The molecule has 0 saturated carbocycles. The topological polar surface area (TPSA) is 106 Å². The Labute approximate surface area is 170 Å². The number of nitrogens with one attached hydrogen (secondary N) is 3. The van der Waals surface area contributed by atoms with Gasteiger partial charge in [-0.3, -0.25) is 9.59 Å². The average molecular weight is 427 g/mol. The van der Waals surface area contributed by atoms with E-state index in [1.165, 1.54) is 17.6 Å². The number of carbonyl (C=O) groups excluding carboxylic acids is 3. The molecular weight excluding hydrogens is 407 g/mol. The summed E-state index contributed by atoms with van der Waals surface area (Å²) in [6.07, 6.45) is -5.00. The first-order chi connectivity index (χ1) is 14.2. The molecule has 8 nitrogen and oxygen atoms in total. The largest absolute Gasteiger partial charge is 0.493 e. The van der Waals surface area contributed by atoms with E-state index in [4.69, 9.17) is 4.74 Å². The van der Waals surface area contributed by atoms with Crippen LogP contribution < -0.4 is 20.9 Å². The van der Waals surface area contributed by atoms with E-state index < -0.39 is 35.9 Å². The fraction of sp³-hybridized carbons (Fsp3) is 0.421. The van der Waals surface area contributed by atoms with Crippen LogP contribution in [-0.4, -0.2) is 49.7 Å². The number of hydrogen-bond donors (Lipinski definition) is 3. The van der Waals surface area contributed by atoms with Crippen molar-refractivity contribution in [1.29, 1.82) is 0 Å². The van der Waals surface area contributed by atoms with Crippen LogP contribution in [0.1, 0.15) is 23.7 Å². The molecule has 0 aromatic heterocycles. The first kappa shape index (κ1) is 23.0. The highest BCUT2D eigenvalue weighted by Gasteiger charge is 2.42. The van der Waals surface area contributed by atoms with Crippen LogP contribution in [0.15, 0.2) is 24.3 Å². The zero-order chi connectivity index (χ0) is 22.1. The van der Waals surface area contributed by atoms with Crippen molar-refractivity contribution in [2.45, 2.75) is 25.6 Å². The molecule has 11 heteroatoms. The van der Waals surface area contributed by atoms with Crippen molar-refractivity contribution in [3.05, 3.63) is 29.8 Å². The van der Waals surface area contributed by atoms with Crippen LogP contribution in [0.25, 0.3) is 0 Å². The predicted octanol–water partition coefficient (Wildman–Crippen LogP) is 0.933. The fourth-order valence-corrected chi connectivity index (χ4v) is 2.70. The van der Waals surface area contributed by atoms with Crippen LogP contribution in [-0.2, 0) is 14.4 Å². The van der Waals surface area contributed by atoms with Crippen LogP contribution in [0.2, 0.25) is 0 Å². The molecule has 162 valence electrons. The Kier molecular flexibility index (Phi) is 8.06. The lowest BCUT2D eigenvalue weighted by atomic mass is 9.91. The molecule has 1 aliphatic heterocycles. The summed E-state index contributed by atoms with van der Waals surface area (Å²) < 4.78 is 41.9. The number of hydroxylamine groups is 1. The SMILES string of the molecule is CC#CCOc1ccc(C(=O)N[C@@H]2CNCC[C@@H]2C(=O)NOC(=O)C(F)(F)F)cc1. The maximum absolute atomic E-state index is 12.5. The second-order valence-electron chi connectivity index (χ2n) is 6.27. The van der Waals surface area contributed by atoms with Gasteiger partial charge in [0, 0.05) is 12.1 Å². The van der Waals surface area contributed by atoms with Crippen LogP contribution in [0.5, 0.6) is 5.75 Å². The lowest BCUT2D eigenvalue weighted by molar-refractivity contribution is -0.208. The number of hydrogen-bond acceptors (Lipinski definition) is 6. The molecule has 3 N–H and O–H groups in total. The van der Waals surface area contributed by atoms with E-state index in [0.29, 0.717) is 17.9 Å². The van der Waals surface area contributed by atoms with E-state index in [0.717, 1.165) is 0 Å². The van der Waals surface area contributed by atoms with Crippen LogP contribution in [0.3, 0.4) is 0 Å². The van der Waals surface area contributed by atoms with Crippen molar-refractivity contribution >= 4 is 17.8 Å². The molecule has 1 saturated heterocycles. The Balaban J connectivity index is 1.95. The molecule has 0 bridgehead atoms. The molecule has 1 aromatic rings. The number of rotatable bonds is 5. The standard InChI is InChI=1S/C19H20F3N3O5/c1-2-3-10-29-13-6-4-12(5-7-13)16(26)24-15-11-23-9-8-14(15)17(27)25-30-18(28)19(20,21)22/h4-7,14-15,23H,8-11H2,1H3,(H,24,26)(H,25,27)/t14-,15+/m0/s1. The van der Waals surface area contributed by atoms with Gasteiger partial charge in [-0.2, -0.15) is 18.7 Å². The minimum atomic E-state index is -5.23.